The van der Waals surface area contributed by atoms with Gasteiger partial charge in [0.25, 0.3) is 0 Å². The lowest BCUT2D eigenvalue weighted by atomic mass is 10.3. The summed E-state index contributed by atoms with van der Waals surface area (Å²) in [6.07, 6.45) is 11.4. The van der Waals surface area contributed by atoms with Gasteiger partial charge in [0.2, 0.25) is 5.82 Å². The second-order valence-corrected chi connectivity index (χ2v) is 8.50. The standard InChI is InChI=1S/C11H8N6O.C7H7N3.C5H5N3.C4H4N4.2C2H6/c1-16-5-7-9(14-16)12-6-17-11(7)13-10(15-17)8-3-2-4-18-8;1-9-5-7-6(4-8)2-3-10-7;6-3-4-1-2-8-5(4)7;5-1-3-2-7-8-4(3)6;2*1-2/h2-6H,1H3;2-3,5,10H,1H3;1-2,8H,7H2;2H,(H3,6,7,8);2*1-2H3. The predicted molar refractivity (Wildman–Crippen MR) is 182 cm³/mol. The number of anilines is 2. The Morgan fingerprint density at radius 1 is 0.917 bits per heavy atom. The molecule has 48 heavy (non-hydrogen) atoms. The number of nitrogens with two attached hydrogens (primary N) is 2. The fourth-order valence-corrected chi connectivity index (χ4v) is 3.52. The quantitative estimate of drug-likeness (QED) is 0.162. The first kappa shape index (κ1) is 37.0. The second kappa shape index (κ2) is 19.3. The summed E-state index contributed by atoms with van der Waals surface area (Å²) in [6.45, 7) is 8.00. The van der Waals surface area contributed by atoms with Crippen molar-refractivity contribution in [3.05, 3.63) is 84.0 Å². The largest absolute Gasteiger partial charge is 0.461 e. The molecule has 0 saturated carbocycles. The zero-order valence-electron chi connectivity index (χ0n) is 27.3. The molecule has 7 heterocycles. The van der Waals surface area contributed by atoms with Crippen molar-refractivity contribution in [2.24, 2.45) is 12.0 Å². The van der Waals surface area contributed by atoms with Crippen molar-refractivity contribution < 1.29 is 4.42 Å². The Hall–Kier alpha value is -7.19. The Morgan fingerprint density at radius 3 is 2.12 bits per heavy atom. The molecular weight excluding hydrogens is 612 g/mol. The number of aliphatic imine (C=N–C) groups is 1. The van der Waals surface area contributed by atoms with E-state index < -0.39 is 0 Å². The zero-order chi connectivity index (χ0) is 35.5. The van der Waals surface area contributed by atoms with E-state index in [-0.39, 0.29) is 0 Å². The van der Waals surface area contributed by atoms with E-state index in [9.17, 15) is 0 Å². The van der Waals surface area contributed by atoms with E-state index in [2.05, 4.69) is 45.3 Å². The highest BCUT2D eigenvalue weighted by Crippen LogP contribution is 2.20. The number of nitrogen functional groups attached to an aromatic ring is 2. The van der Waals surface area contributed by atoms with Crippen LogP contribution in [0, 0.1) is 34.0 Å². The average Bonchev–Trinajstić information content (AvgIpc) is 3.96. The van der Waals surface area contributed by atoms with Crippen LogP contribution in [0.3, 0.4) is 0 Å². The average molecular weight is 649 g/mol. The number of nitriles is 3. The normalized spacial score (nSPS) is 9.48. The predicted octanol–water partition coefficient (Wildman–Crippen LogP) is 4.59. The molecule has 17 heteroatoms. The second-order valence-electron chi connectivity index (χ2n) is 8.50. The van der Waals surface area contributed by atoms with Crippen molar-refractivity contribution in [2.75, 3.05) is 18.5 Å². The van der Waals surface area contributed by atoms with Gasteiger partial charge in [-0.2, -0.15) is 26.0 Å². The van der Waals surface area contributed by atoms with E-state index in [1.165, 1.54) is 6.20 Å². The number of furan rings is 1. The highest BCUT2D eigenvalue weighted by atomic mass is 16.3. The number of rotatable bonds is 2. The van der Waals surface area contributed by atoms with Gasteiger partial charge in [-0.05, 0) is 24.3 Å². The summed E-state index contributed by atoms with van der Waals surface area (Å²) in [5.74, 6) is 1.94. The molecule has 0 aliphatic heterocycles. The third-order valence-corrected chi connectivity index (χ3v) is 5.56. The minimum Gasteiger partial charge on any atom is -0.461 e. The molecule has 0 bridgehead atoms. The van der Waals surface area contributed by atoms with Crippen LogP contribution in [-0.2, 0) is 7.05 Å². The SMILES string of the molecule is CC.CC.CN=Cc1[nH]ccc1C#N.Cn1cc2c(ncn3nc(-c4ccco4)nc23)n1.N#Cc1cc[nH]c1N.N#Cc1cn[nH]c1N. The van der Waals surface area contributed by atoms with Gasteiger partial charge in [0.05, 0.1) is 34.7 Å². The number of fused-ring (bicyclic) bond motifs is 3. The minimum atomic E-state index is 0.326. The van der Waals surface area contributed by atoms with Gasteiger partial charge in [0, 0.05) is 38.9 Å². The van der Waals surface area contributed by atoms with Crippen molar-refractivity contribution in [3.63, 3.8) is 0 Å². The maximum Gasteiger partial charge on any atom is 0.217 e. The van der Waals surface area contributed by atoms with Crippen LogP contribution in [0.5, 0.6) is 0 Å². The molecule has 7 N–H and O–H groups in total. The number of aromatic amines is 3. The van der Waals surface area contributed by atoms with Gasteiger partial charge in [-0.25, -0.2) is 14.5 Å². The van der Waals surface area contributed by atoms with E-state index >= 15 is 0 Å². The van der Waals surface area contributed by atoms with E-state index in [0.29, 0.717) is 45.6 Å². The number of nitrogens with one attached hydrogen (secondary N) is 3. The van der Waals surface area contributed by atoms with Crippen molar-refractivity contribution in [1.29, 1.82) is 15.8 Å². The summed E-state index contributed by atoms with van der Waals surface area (Å²) in [7, 11) is 3.52. The van der Waals surface area contributed by atoms with Crippen molar-refractivity contribution in [2.45, 2.75) is 27.7 Å². The first-order valence-corrected chi connectivity index (χ1v) is 14.5. The fraction of sp³-hybridized carbons (Fsp3) is 0.194. The minimum absolute atomic E-state index is 0.326. The molecule has 246 valence electrons. The third kappa shape index (κ3) is 9.65. The Bertz CT molecular complexity index is 2070. The number of aromatic nitrogens is 10. The number of hydrogen-bond acceptors (Lipinski definition) is 12. The molecule has 7 aromatic rings. The van der Waals surface area contributed by atoms with Crippen LogP contribution in [-0.4, -0.2) is 62.8 Å². The molecular formula is C31H36N16O. The van der Waals surface area contributed by atoms with Crippen LogP contribution in [0.4, 0.5) is 11.6 Å². The van der Waals surface area contributed by atoms with Crippen molar-refractivity contribution >= 4 is 34.5 Å². The Morgan fingerprint density at radius 2 is 1.60 bits per heavy atom. The van der Waals surface area contributed by atoms with Crippen LogP contribution < -0.4 is 11.5 Å². The highest BCUT2D eigenvalue weighted by Gasteiger charge is 2.13. The van der Waals surface area contributed by atoms with Gasteiger partial charge in [0.1, 0.15) is 41.7 Å². The van der Waals surface area contributed by atoms with Crippen molar-refractivity contribution in [3.8, 4) is 29.8 Å². The lowest BCUT2D eigenvalue weighted by molar-refractivity contribution is 0.577. The van der Waals surface area contributed by atoms with E-state index in [0.717, 1.165) is 16.7 Å². The summed E-state index contributed by atoms with van der Waals surface area (Å²) in [5.41, 5.74) is 14.2. The molecule has 0 aromatic carbocycles. The molecule has 0 fully saturated rings. The van der Waals surface area contributed by atoms with Crippen LogP contribution in [0.15, 0.2) is 71.1 Å². The maximum absolute atomic E-state index is 8.50. The Kier molecular flexibility index (Phi) is 14.8. The van der Waals surface area contributed by atoms with E-state index in [4.69, 9.17) is 31.7 Å². The molecule has 0 saturated heterocycles. The fourth-order valence-electron chi connectivity index (χ4n) is 3.52. The van der Waals surface area contributed by atoms with Gasteiger partial charge in [-0.3, -0.25) is 14.8 Å². The summed E-state index contributed by atoms with van der Waals surface area (Å²) in [4.78, 5) is 18.0. The molecule has 0 aliphatic rings. The molecule has 7 aromatic heterocycles. The summed E-state index contributed by atoms with van der Waals surface area (Å²) in [5, 5.41) is 40.4. The first-order valence-electron chi connectivity index (χ1n) is 14.5. The molecule has 0 atom stereocenters. The third-order valence-electron chi connectivity index (χ3n) is 5.56. The van der Waals surface area contributed by atoms with Crippen molar-refractivity contribution in [1.82, 2.24) is 49.5 Å². The summed E-state index contributed by atoms with van der Waals surface area (Å²) in [6, 6.07) is 12.8. The lowest BCUT2D eigenvalue weighted by Crippen LogP contribution is -1.90. The lowest BCUT2D eigenvalue weighted by Gasteiger charge is -1.88. The van der Waals surface area contributed by atoms with Crippen LogP contribution in [0.25, 0.3) is 28.3 Å². The highest BCUT2D eigenvalue weighted by molar-refractivity contribution is 5.88. The maximum atomic E-state index is 8.50. The van der Waals surface area contributed by atoms with Crippen LogP contribution >= 0.6 is 0 Å². The first-order chi connectivity index (χ1) is 23.4. The van der Waals surface area contributed by atoms with Gasteiger partial charge in [-0.15, -0.1) is 5.10 Å². The molecule has 17 nitrogen and oxygen atoms in total. The molecule has 0 spiro atoms. The van der Waals surface area contributed by atoms with Gasteiger partial charge < -0.3 is 25.9 Å². The summed E-state index contributed by atoms with van der Waals surface area (Å²) < 4.78 is 8.62. The Labute approximate surface area is 276 Å². The zero-order valence-corrected chi connectivity index (χ0v) is 27.3. The molecule has 7 rings (SSSR count). The van der Waals surface area contributed by atoms with Crippen LogP contribution in [0.1, 0.15) is 50.1 Å². The summed E-state index contributed by atoms with van der Waals surface area (Å²) >= 11 is 0. The van der Waals surface area contributed by atoms with E-state index in [1.54, 1.807) is 65.6 Å². The number of aryl methyl sites for hydroxylation is 1. The molecule has 0 unspecified atom stereocenters. The van der Waals surface area contributed by atoms with Gasteiger partial charge in [0.15, 0.2) is 17.1 Å². The molecule has 0 amide bonds. The van der Waals surface area contributed by atoms with Gasteiger partial charge >= 0.3 is 0 Å². The number of hydrogen-bond donors (Lipinski definition) is 5. The van der Waals surface area contributed by atoms with E-state index in [1.807, 2.05) is 65.2 Å². The molecule has 0 aliphatic carbocycles. The number of H-pyrrole nitrogens is 3. The Balaban J connectivity index is 0.000000230. The van der Waals surface area contributed by atoms with Gasteiger partial charge in [-0.1, -0.05) is 27.7 Å². The smallest absolute Gasteiger partial charge is 0.217 e. The number of nitrogens with zero attached hydrogens (tertiary/aromatic N) is 11. The van der Waals surface area contributed by atoms with Crippen LogP contribution in [0.2, 0.25) is 0 Å². The molecule has 0 radical (unpaired) electrons. The monoisotopic (exact) mass is 648 g/mol. The topological polar surface area (TPSA) is 270 Å².